The maximum Gasteiger partial charge on any atom is 0.123 e. The van der Waals surface area contributed by atoms with Gasteiger partial charge in [0.05, 0.1) is 0 Å². The first-order chi connectivity index (χ1) is 7.15. The van der Waals surface area contributed by atoms with E-state index in [1.54, 1.807) is 19.2 Å². The van der Waals surface area contributed by atoms with Gasteiger partial charge in [-0.15, -0.1) is 0 Å². The molecule has 1 aromatic rings. The van der Waals surface area contributed by atoms with Crippen LogP contribution in [0.3, 0.4) is 0 Å². The molecule has 1 aromatic carbocycles. The number of hydrazine groups is 1. The molecule has 0 aliphatic carbocycles. The lowest BCUT2D eigenvalue weighted by Crippen LogP contribution is -2.26. The Kier molecular flexibility index (Phi) is 7.13. The number of hydrogen-bond acceptors (Lipinski definition) is 3. The molecule has 0 spiro atoms. The summed E-state index contributed by atoms with van der Waals surface area (Å²) < 4.78 is 0. The fraction of sp³-hybridized carbons (Fsp3) is 0.455. The van der Waals surface area contributed by atoms with Crippen molar-refractivity contribution in [1.82, 2.24) is 10.9 Å². The number of halogens is 1. The van der Waals surface area contributed by atoms with Crippen molar-refractivity contribution in [2.45, 2.75) is 27.3 Å². The second kappa shape index (κ2) is 7.51. The molecule has 0 radical (unpaired) electrons. The van der Waals surface area contributed by atoms with E-state index in [0.29, 0.717) is 17.3 Å². The number of aryl methyl sites for hydroxylation is 1. The zero-order chi connectivity index (χ0) is 11.8. The molecule has 3 N–H and O–H groups in total. The predicted octanol–water partition coefficient (Wildman–Crippen LogP) is 2.60. The topological polar surface area (TPSA) is 44.3 Å². The fourth-order valence-corrected chi connectivity index (χ4v) is 1.42. The van der Waals surface area contributed by atoms with E-state index in [0.717, 1.165) is 11.1 Å². The highest BCUT2D eigenvalue weighted by Crippen LogP contribution is 2.25. The Morgan fingerprint density at radius 2 is 1.93 bits per heavy atom. The monoisotopic (exact) mass is 230 g/mol. The minimum absolute atomic E-state index is 0.298. The summed E-state index contributed by atoms with van der Waals surface area (Å²) in [5.41, 5.74) is 7.25. The van der Waals surface area contributed by atoms with Crippen LogP contribution in [-0.2, 0) is 6.54 Å². The lowest BCUT2D eigenvalue weighted by atomic mass is 10.1. The SMILES string of the molecule is CC.CNNCc1cc(Cl)cc(C)c1O. The van der Waals surface area contributed by atoms with Crippen LogP contribution >= 0.6 is 11.6 Å². The van der Waals surface area contributed by atoms with Gasteiger partial charge in [0.1, 0.15) is 5.75 Å². The van der Waals surface area contributed by atoms with Crippen LogP contribution in [0.2, 0.25) is 5.02 Å². The average molecular weight is 231 g/mol. The number of hydrogen-bond donors (Lipinski definition) is 3. The van der Waals surface area contributed by atoms with Crippen LogP contribution in [0.15, 0.2) is 12.1 Å². The Morgan fingerprint density at radius 3 is 2.47 bits per heavy atom. The first kappa shape index (κ1) is 14.2. The third-order valence-corrected chi connectivity index (χ3v) is 2.02. The first-order valence-electron chi connectivity index (χ1n) is 5.02. The summed E-state index contributed by atoms with van der Waals surface area (Å²) in [6.07, 6.45) is 0. The lowest BCUT2D eigenvalue weighted by molar-refractivity contribution is 0.457. The Labute approximate surface area is 96.4 Å². The van der Waals surface area contributed by atoms with Crippen molar-refractivity contribution >= 4 is 11.6 Å². The minimum atomic E-state index is 0.298. The van der Waals surface area contributed by atoms with E-state index in [1.807, 2.05) is 20.8 Å². The molecule has 3 nitrogen and oxygen atoms in total. The van der Waals surface area contributed by atoms with E-state index in [-0.39, 0.29) is 0 Å². The van der Waals surface area contributed by atoms with Crippen LogP contribution in [0.5, 0.6) is 5.75 Å². The molecular weight excluding hydrogens is 212 g/mol. The molecule has 4 heteroatoms. The molecule has 0 aliphatic heterocycles. The molecule has 0 saturated carbocycles. The maximum absolute atomic E-state index is 9.62. The van der Waals surface area contributed by atoms with Gasteiger partial charge >= 0.3 is 0 Å². The third kappa shape index (κ3) is 4.51. The highest BCUT2D eigenvalue weighted by Gasteiger charge is 2.05. The Morgan fingerprint density at radius 1 is 1.33 bits per heavy atom. The second-order valence-electron chi connectivity index (χ2n) is 2.83. The molecule has 0 amide bonds. The van der Waals surface area contributed by atoms with Gasteiger partial charge in [0.15, 0.2) is 0 Å². The molecule has 0 aromatic heterocycles. The summed E-state index contributed by atoms with van der Waals surface area (Å²) in [6, 6.07) is 3.48. The van der Waals surface area contributed by atoms with Crippen LogP contribution < -0.4 is 10.9 Å². The van der Waals surface area contributed by atoms with Gasteiger partial charge in [0, 0.05) is 17.1 Å². The molecule has 86 valence electrons. The normalized spacial score (nSPS) is 9.40. The summed E-state index contributed by atoms with van der Waals surface area (Å²) in [7, 11) is 1.77. The number of aromatic hydroxyl groups is 1. The molecule has 0 fully saturated rings. The largest absolute Gasteiger partial charge is 0.507 e. The number of nitrogens with one attached hydrogen (secondary N) is 2. The van der Waals surface area contributed by atoms with Crippen LogP contribution in [0, 0.1) is 6.92 Å². The molecule has 0 heterocycles. The van der Waals surface area contributed by atoms with Crippen molar-refractivity contribution in [3.63, 3.8) is 0 Å². The van der Waals surface area contributed by atoms with Gasteiger partial charge in [-0.25, -0.2) is 0 Å². The third-order valence-electron chi connectivity index (χ3n) is 1.80. The number of phenolic OH excluding ortho intramolecular Hbond substituents is 1. The van der Waals surface area contributed by atoms with E-state index in [1.165, 1.54) is 0 Å². The first-order valence-corrected chi connectivity index (χ1v) is 5.40. The molecule has 0 unspecified atom stereocenters. The molecule has 1 rings (SSSR count). The zero-order valence-corrected chi connectivity index (χ0v) is 10.4. The number of rotatable bonds is 3. The molecule has 15 heavy (non-hydrogen) atoms. The van der Waals surface area contributed by atoms with Crippen LogP contribution in [-0.4, -0.2) is 12.2 Å². The van der Waals surface area contributed by atoms with Crippen LogP contribution in [0.4, 0.5) is 0 Å². The lowest BCUT2D eigenvalue weighted by Gasteiger charge is -2.08. The van der Waals surface area contributed by atoms with E-state index < -0.39 is 0 Å². The Balaban J connectivity index is 0.000000921. The maximum atomic E-state index is 9.62. The van der Waals surface area contributed by atoms with Gasteiger partial charge in [0.2, 0.25) is 0 Å². The molecule has 0 atom stereocenters. The predicted molar refractivity (Wildman–Crippen MR) is 65.1 cm³/mol. The van der Waals surface area contributed by atoms with Crippen molar-refractivity contribution < 1.29 is 5.11 Å². The molecule has 0 aliphatic rings. The Bertz CT molecular complexity index is 303. The number of benzene rings is 1. The van der Waals surface area contributed by atoms with Gasteiger partial charge in [-0.3, -0.25) is 10.9 Å². The van der Waals surface area contributed by atoms with Crippen molar-refractivity contribution in [2.24, 2.45) is 0 Å². The van der Waals surface area contributed by atoms with E-state index >= 15 is 0 Å². The van der Waals surface area contributed by atoms with Gasteiger partial charge in [-0.2, -0.15) is 0 Å². The smallest absolute Gasteiger partial charge is 0.123 e. The van der Waals surface area contributed by atoms with E-state index in [9.17, 15) is 5.11 Å². The second-order valence-corrected chi connectivity index (χ2v) is 3.27. The number of phenols is 1. The van der Waals surface area contributed by atoms with Gasteiger partial charge in [-0.1, -0.05) is 25.4 Å². The zero-order valence-electron chi connectivity index (χ0n) is 9.69. The standard InChI is InChI=1S/C9H13ClN2O.C2H6/c1-6-3-8(10)4-7(9(6)13)5-12-11-2;1-2/h3-4,11-13H,5H2,1-2H3;1-2H3. The molecular formula is C11H19ClN2O. The summed E-state index contributed by atoms with van der Waals surface area (Å²) in [5.74, 6) is 0.298. The summed E-state index contributed by atoms with van der Waals surface area (Å²) in [6.45, 7) is 6.37. The molecule has 0 saturated heterocycles. The van der Waals surface area contributed by atoms with Gasteiger partial charge < -0.3 is 5.11 Å². The van der Waals surface area contributed by atoms with E-state index in [4.69, 9.17) is 11.6 Å². The van der Waals surface area contributed by atoms with Crippen LogP contribution in [0.25, 0.3) is 0 Å². The average Bonchev–Trinajstić information content (AvgIpc) is 2.24. The summed E-state index contributed by atoms with van der Waals surface area (Å²) >= 11 is 5.84. The Hall–Kier alpha value is -0.770. The highest BCUT2D eigenvalue weighted by atomic mass is 35.5. The van der Waals surface area contributed by atoms with Gasteiger partial charge in [-0.05, 0) is 31.7 Å². The minimum Gasteiger partial charge on any atom is -0.507 e. The molecule has 0 bridgehead atoms. The van der Waals surface area contributed by atoms with Crippen molar-refractivity contribution in [3.8, 4) is 5.75 Å². The van der Waals surface area contributed by atoms with Crippen molar-refractivity contribution in [1.29, 1.82) is 0 Å². The summed E-state index contributed by atoms with van der Waals surface area (Å²) in [5, 5.41) is 10.3. The fourth-order valence-electron chi connectivity index (χ4n) is 1.12. The summed E-state index contributed by atoms with van der Waals surface area (Å²) in [4.78, 5) is 0. The van der Waals surface area contributed by atoms with Crippen LogP contribution in [0.1, 0.15) is 25.0 Å². The highest BCUT2D eigenvalue weighted by molar-refractivity contribution is 6.30. The van der Waals surface area contributed by atoms with Gasteiger partial charge in [0.25, 0.3) is 0 Å². The quantitative estimate of drug-likeness (QED) is 0.700. The van der Waals surface area contributed by atoms with Crippen molar-refractivity contribution in [2.75, 3.05) is 7.05 Å². The van der Waals surface area contributed by atoms with E-state index in [2.05, 4.69) is 10.9 Å². The van der Waals surface area contributed by atoms with Crippen molar-refractivity contribution in [3.05, 3.63) is 28.3 Å².